The summed E-state index contributed by atoms with van der Waals surface area (Å²) in [5.74, 6) is 0. The Bertz CT molecular complexity index is 4450. The van der Waals surface area contributed by atoms with Gasteiger partial charge >= 0.3 is 0 Å². The quantitative estimate of drug-likeness (QED) is 0.143. The molecule has 6 nitrogen and oxygen atoms in total. The number of nitrogens with zero attached hydrogens (tertiary/aromatic N) is 6. The van der Waals surface area contributed by atoms with Gasteiger partial charge in [-0.1, -0.05) is 158 Å². The molecule has 15 aromatic rings. The van der Waals surface area contributed by atoms with Crippen LogP contribution in [0.4, 0.5) is 39.8 Å². The van der Waals surface area contributed by atoms with Gasteiger partial charge in [-0.25, -0.2) is 4.85 Å². The van der Waals surface area contributed by atoms with Gasteiger partial charge in [0.1, 0.15) is 0 Å². The first-order chi connectivity index (χ1) is 36.7. The largest absolute Gasteiger partial charge is 0.310 e. The van der Waals surface area contributed by atoms with E-state index >= 15 is 0 Å². The van der Waals surface area contributed by atoms with Gasteiger partial charge in [-0.15, -0.1) is 0 Å². The van der Waals surface area contributed by atoms with Crippen LogP contribution >= 0.6 is 0 Å². The Hall–Kier alpha value is -10.4. The van der Waals surface area contributed by atoms with Gasteiger partial charge in [-0.05, 0) is 96.1 Å². The smallest absolute Gasteiger partial charge is 0.187 e. The van der Waals surface area contributed by atoms with Crippen molar-refractivity contribution in [2.24, 2.45) is 0 Å². The van der Waals surface area contributed by atoms with E-state index in [-0.39, 0.29) is 0 Å². The van der Waals surface area contributed by atoms with Crippen molar-refractivity contribution in [3.8, 4) is 28.3 Å². The van der Waals surface area contributed by atoms with Crippen LogP contribution in [0.25, 0.3) is 103 Å². The molecule has 4 aromatic heterocycles. The number of aromatic nitrogens is 2. The summed E-state index contributed by atoms with van der Waals surface area (Å²) in [6, 6.07) is 88.4. The van der Waals surface area contributed by atoms with E-state index in [0.717, 1.165) is 67.1 Å². The highest BCUT2D eigenvalue weighted by molar-refractivity contribution is 6.39. The Morgan fingerprint density at radius 1 is 0.351 bits per heavy atom. The molecule has 74 heavy (non-hydrogen) atoms. The molecule has 0 spiro atoms. The van der Waals surface area contributed by atoms with Crippen molar-refractivity contribution in [1.29, 1.82) is 5.26 Å². The predicted molar refractivity (Wildman–Crippen MR) is 307 cm³/mol. The van der Waals surface area contributed by atoms with E-state index < -0.39 is 0 Å². The normalized spacial score (nSPS) is 11.8. The number of benzene rings is 11. The van der Waals surface area contributed by atoms with Crippen molar-refractivity contribution >= 4 is 116 Å². The first kappa shape index (κ1) is 41.4. The number of rotatable bonds is 8. The second-order valence-electron chi connectivity index (χ2n) is 19.0. The summed E-state index contributed by atoms with van der Waals surface area (Å²) in [6.45, 7) is 7.72. The maximum absolute atomic E-state index is 9.81. The van der Waals surface area contributed by atoms with E-state index in [1.54, 1.807) is 0 Å². The lowest BCUT2D eigenvalue weighted by Gasteiger charge is -2.26. The highest BCUT2D eigenvalue weighted by atomic mass is 15.2. The number of hydrogen-bond acceptors (Lipinski definition) is 3. The molecule has 0 saturated heterocycles. The third-order valence-electron chi connectivity index (χ3n) is 15.1. The molecule has 0 aliphatic carbocycles. The highest BCUT2D eigenvalue weighted by Gasteiger charge is 2.32. The molecule has 6 heteroatoms. The predicted octanol–water partition coefficient (Wildman–Crippen LogP) is 18.7. The molecule has 0 aliphatic rings. The zero-order valence-corrected chi connectivity index (χ0v) is 39.8. The Kier molecular flexibility index (Phi) is 8.99. The summed E-state index contributed by atoms with van der Waals surface area (Å²) in [7, 11) is 0. The van der Waals surface area contributed by atoms with E-state index in [4.69, 9.17) is 6.57 Å². The Labute approximate surface area is 425 Å². The van der Waals surface area contributed by atoms with Crippen LogP contribution in [-0.4, -0.2) is 8.80 Å². The molecule has 0 atom stereocenters. The van der Waals surface area contributed by atoms with Gasteiger partial charge in [-0.3, -0.25) is 0 Å². The minimum absolute atomic E-state index is 0.607. The van der Waals surface area contributed by atoms with E-state index in [0.29, 0.717) is 11.3 Å². The highest BCUT2D eigenvalue weighted by Crippen LogP contribution is 2.56. The molecule has 0 bridgehead atoms. The van der Waals surface area contributed by atoms with Crippen LogP contribution in [-0.2, 0) is 0 Å². The molecule has 342 valence electrons. The second kappa shape index (κ2) is 16.1. The summed E-state index contributed by atoms with van der Waals surface area (Å²) < 4.78 is 5.13. The van der Waals surface area contributed by atoms with E-state index in [1.807, 2.05) is 24.3 Å². The maximum atomic E-state index is 9.81. The number of para-hydroxylation sites is 4. The van der Waals surface area contributed by atoms with Crippen molar-refractivity contribution in [2.75, 3.05) is 9.80 Å². The van der Waals surface area contributed by atoms with Crippen molar-refractivity contribution in [3.05, 3.63) is 260 Å². The first-order valence-corrected chi connectivity index (χ1v) is 24.9. The van der Waals surface area contributed by atoms with Gasteiger partial charge in [0, 0.05) is 77.0 Å². The van der Waals surface area contributed by atoms with Crippen LogP contribution in [0, 0.1) is 17.9 Å². The summed E-state index contributed by atoms with van der Waals surface area (Å²) in [5.41, 5.74) is 19.0. The van der Waals surface area contributed by atoms with Crippen molar-refractivity contribution < 1.29 is 0 Å². The fraction of sp³-hybridized carbons (Fsp3) is 0. The first-order valence-electron chi connectivity index (χ1n) is 24.9. The summed E-state index contributed by atoms with van der Waals surface area (Å²) in [5, 5.41) is 19.2. The molecule has 0 fully saturated rings. The third kappa shape index (κ3) is 5.79. The van der Waals surface area contributed by atoms with Crippen molar-refractivity contribution in [3.63, 3.8) is 0 Å². The molecule has 4 heterocycles. The number of hydrogen-bond donors (Lipinski definition) is 0. The molecule has 15 rings (SSSR count). The third-order valence-corrected chi connectivity index (χ3v) is 15.1. The van der Waals surface area contributed by atoms with Gasteiger partial charge in [-0.2, -0.15) is 5.26 Å². The van der Waals surface area contributed by atoms with E-state index in [2.05, 4.69) is 248 Å². The standard InChI is InChI=1S/C68H40N6/c1-70-46-36-40-50(41-37-46)72(48-24-12-5-13-25-48)56-31-17-33-58-62(56)52-27-15-29-54-64-59(44-18-6-2-7-19-44)67-63(60(45-20-8-3-9-21-45)68(64)74(58)66(52)54)53-28-14-26-51-61-55(30-16-32-57(61)73(67)65(51)53)71(47-22-10-4-11-23-47)49-38-34-43(42-69)35-39-49/h2-41H. The van der Waals surface area contributed by atoms with Crippen LogP contribution in [0.5, 0.6) is 0 Å². The molecule has 0 radical (unpaired) electrons. The lowest BCUT2D eigenvalue weighted by Crippen LogP contribution is -2.10. The maximum Gasteiger partial charge on any atom is 0.187 e. The van der Waals surface area contributed by atoms with E-state index in [1.165, 1.54) is 65.5 Å². The fourth-order valence-corrected chi connectivity index (χ4v) is 12.3. The molecule has 0 amide bonds. The van der Waals surface area contributed by atoms with Crippen molar-refractivity contribution in [1.82, 2.24) is 8.80 Å². The summed E-state index contributed by atoms with van der Waals surface area (Å²) >= 11 is 0. The zero-order valence-electron chi connectivity index (χ0n) is 39.8. The molecular formula is C68H40N6. The molecular weight excluding hydrogens is 901 g/mol. The molecule has 0 unspecified atom stereocenters. The molecule has 11 aromatic carbocycles. The molecule has 0 saturated carbocycles. The number of anilines is 6. The van der Waals surface area contributed by atoms with Crippen LogP contribution < -0.4 is 9.80 Å². The number of fused-ring (bicyclic) bond motifs is 12. The summed E-state index contributed by atoms with van der Waals surface area (Å²) in [4.78, 5) is 8.39. The topological polar surface area (TPSA) is 43.5 Å². The van der Waals surface area contributed by atoms with Crippen LogP contribution in [0.15, 0.2) is 243 Å². The SMILES string of the molecule is [C-]#[N+]c1ccc(N(c2ccccc2)c2cccc3c2c2cccc4c5c(-c6ccccc6)c6c(c(-c7ccccc7)c5n3c24)c2cccc3c4c(N(c5ccccc5)c5ccc(C#N)cc5)cccc4n6c32)cc1. The van der Waals surface area contributed by atoms with E-state index in [9.17, 15) is 5.26 Å². The van der Waals surface area contributed by atoms with Gasteiger partial charge in [0.2, 0.25) is 0 Å². The lowest BCUT2D eigenvalue weighted by molar-refractivity contribution is 1.29. The minimum atomic E-state index is 0.607. The van der Waals surface area contributed by atoms with Crippen molar-refractivity contribution in [2.45, 2.75) is 0 Å². The Morgan fingerprint density at radius 2 is 0.716 bits per heavy atom. The molecule has 0 N–H and O–H groups in total. The minimum Gasteiger partial charge on any atom is -0.310 e. The average molecular weight is 941 g/mol. The van der Waals surface area contributed by atoms with Gasteiger partial charge < -0.3 is 18.6 Å². The van der Waals surface area contributed by atoms with Crippen LogP contribution in [0.2, 0.25) is 0 Å². The Balaban J connectivity index is 1.13. The lowest BCUT2D eigenvalue weighted by atomic mass is 9.89. The van der Waals surface area contributed by atoms with Gasteiger partial charge in [0.25, 0.3) is 0 Å². The zero-order chi connectivity index (χ0) is 49.0. The monoisotopic (exact) mass is 940 g/mol. The molecule has 0 aliphatic heterocycles. The average Bonchev–Trinajstić information content (AvgIpc) is 4.29. The van der Waals surface area contributed by atoms with Gasteiger partial charge in [0.15, 0.2) is 5.69 Å². The van der Waals surface area contributed by atoms with Gasteiger partial charge in [0.05, 0.1) is 62.7 Å². The van der Waals surface area contributed by atoms with Crippen LogP contribution in [0.1, 0.15) is 5.56 Å². The Morgan fingerprint density at radius 3 is 1.12 bits per heavy atom. The summed E-state index contributed by atoms with van der Waals surface area (Å²) in [6.07, 6.45) is 0. The van der Waals surface area contributed by atoms with Crippen LogP contribution in [0.3, 0.4) is 0 Å². The fourth-order valence-electron chi connectivity index (χ4n) is 12.3. The second-order valence-corrected chi connectivity index (χ2v) is 19.0. The number of nitriles is 1.